The van der Waals surface area contributed by atoms with Gasteiger partial charge < -0.3 is 4.57 Å². The first-order chi connectivity index (χ1) is 9.49. The number of carbonyl (C=O) groups is 1. The van der Waals surface area contributed by atoms with E-state index in [1.54, 1.807) is 4.72 Å². The summed E-state index contributed by atoms with van der Waals surface area (Å²) in [5.41, 5.74) is 0.0314. The van der Waals surface area contributed by atoms with Crippen LogP contribution >= 0.6 is 0 Å². The highest BCUT2D eigenvalue weighted by Crippen LogP contribution is 2.30. The molecular formula is C11H10F3N3O3S. The molecule has 0 unspecified atom stereocenters. The predicted octanol–water partition coefficient (Wildman–Crippen LogP) is 1.28. The standard InChI is InChI=1S/C11H10F3N3O3S/c1-17-8-4-3-6(9(18)16-21(2,19)20)5-7(8)15-10(17)11(12,13)14/h3-5H,1-2H3,(H,16,18). The van der Waals surface area contributed by atoms with Crippen LogP contribution in [0.2, 0.25) is 0 Å². The van der Waals surface area contributed by atoms with E-state index in [4.69, 9.17) is 0 Å². The van der Waals surface area contributed by atoms with Gasteiger partial charge in [-0.25, -0.2) is 18.1 Å². The number of hydrogen-bond donors (Lipinski definition) is 1. The number of alkyl halides is 3. The quantitative estimate of drug-likeness (QED) is 0.903. The van der Waals surface area contributed by atoms with Crippen molar-refractivity contribution in [3.8, 4) is 0 Å². The van der Waals surface area contributed by atoms with Crippen LogP contribution in [0.3, 0.4) is 0 Å². The molecule has 21 heavy (non-hydrogen) atoms. The Morgan fingerprint density at radius 2 is 1.95 bits per heavy atom. The third-order valence-electron chi connectivity index (χ3n) is 2.67. The van der Waals surface area contributed by atoms with Crippen molar-refractivity contribution in [1.29, 1.82) is 0 Å². The molecule has 0 saturated carbocycles. The van der Waals surface area contributed by atoms with Crippen molar-refractivity contribution < 1.29 is 26.4 Å². The third kappa shape index (κ3) is 3.15. The number of rotatable bonds is 2. The number of fused-ring (bicyclic) bond motifs is 1. The van der Waals surface area contributed by atoms with Gasteiger partial charge in [0.05, 0.1) is 17.3 Å². The summed E-state index contributed by atoms with van der Waals surface area (Å²) in [6, 6.07) is 3.60. The average Bonchev–Trinajstić information content (AvgIpc) is 2.64. The van der Waals surface area contributed by atoms with E-state index in [-0.39, 0.29) is 16.6 Å². The van der Waals surface area contributed by atoms with Crippen LogP contribution in [0.1, 0.15) is 16.2 Å². The summed E-state index contributed by atoms with van der Waals surface area (Å²) in [5.74, 6) is -2.03. The second kappa shape index (κ2) is 4.72. The molecule has 1 aromatic carbocycles. The molecule has 0 spiro atoms. The van der Waals surface area contributed by atoms with E-state index < -0.39 is 27.9 Å². The lowest BCUT2D eigenvalue weighted by Crippen LogP contribution is -2.29. The highest BCUT2D eigenvalue weighted by Gasteiger charge is 2.36. The number of carbonyl (C=O) groups excluding carboxylic acids is 1. The maximum absolute atomic E-state index is 12.7. The van der Waals surface area contributed by atoms with Gasteiger partial charge >= 0.3 is 6.18 Å². The summed E-state index contributed by atoms with van der Waals surface area (Å²) in [5, 5.41) is 0. The van der Waals surface area contributed by atoms with Gasteiger partial charge in [0.25, 0.3) is 5.91 Å². The van der Waals surface area contributed by atoms with Crippen molar-refractivity contribution in [3.05, 3.63) is 29.6 Å². The van der Waals surface area contributed by atoms with Crippen molar-refractivity contribution in [3.63, 3.8) is 0 Å². The van der Waals surface area contributed by atoms with E-state index >= 15 is 0 Å². The first-order valence-electron chi connectivity index (χ1n) is 5.55. The second-order valence-electron chi connectivity index (χ2n) is 4.40. The SMILES string of the molecule is Cn1c(C(F)(F)F)nc2cc(C(=O)NS(C)(=O)=O)ccc21. The van der Waals surface area contributed by atoms with Crippen LogP contribution in [-0.4, -0.2) is 30.1 Å². The van der Waals surface area contributed by atoms with Gasteiger partial charge in [-0.3, -0.25) is 4.79 Å². The Labute approximate surface area is 117 Å². The molecule has 1 N–H and O–H groups in total. The molecule has 0 fully saturated rings. The lowest BCUT2D eigenvalue weighted by atomic mass is 10.2. The van der Waals surface area contributed by atoms with Gasteiger partial charge in [0.1, 0.15) is 0 Å². The molecule has 0 aliphatic carbocycles. The van der Waals surface area contributed by atoms with E-state index in [2.05, 4.69) is 4.98 Å². The first kappa shape index (κ1) is 15.3. The molecule has 1 amide bonds. The molecule has 6 nitrogen and oxygen atoms in total. The Bertz CT molecular complexity index is 824. The van der Waals surface area contributed by atoms with Crippen LogP contribution in [0.15, 0.2) is 18.2 Å². The topological polar surface area (TPSA) is 81.1 Å². The van der Waals surface area contributed by atoms with E-state index in [1.807, 2.05) is 0 Å². The Morgan fingerprint density at radius 3 is 2.48 bits per heavy atom. The Kier molecular flexibility index (Phi) is 3.44. The van der Waals surface area contributed by atoms with Crippen LogP contribution in [0.4, 0.5) is 13.2 Å². The summed E-state index contributed by atoms with van der Waals surface area (Å²) < 4.78 is 62.7. The fourth-order valence-electron chi connectivity index (χ4n) is 1.82. The minimum Gasteiger partial charge on any atom is -0.323 e. The molecule has 0 aliphatic heterocycles. The lowest BCUT2D eigenvalue weighted by Gasteiger charge is -2.05. The summed E-state index contributed by atoms with van der Waals surface area (Å²) in [7, 11) is -2.55. The zero-order valence-electron chi connectivity index (χ0n) is 10.9. The number of amides is 1. The third-order valence-corrected chi connectivity index (χ3v) is 3.23. The smallest absolute Gasteiger partial charge is 0.323 e. The highest BCUT2D eigenvalue weighted by molar-refractivity contribution is 7.89. The van der Waals surface area contributed by atoms with Crippen LogP contribution in [0.25, 0.3) is 11.0 Å². The van der Waals surface area contributed by atoms with Crippen molar-refractivity contribution in [2.45, 2.75) is 6.18 Å². The number of benzene rings is 1. The van der Waals surface area contributed by atoms with Crippen LogP contribution < -0.4 is 4.72 Å². The molecule has 10 heteroatoms. The number of aryl methyl sites for hydroxylation is 1. The maximum Gasteiger partial charge on any atom is 0.449 e. The molecule has 1 heterocycles. The molecule has 0 saturated heterocycles. The Hall–Kier alpha value is -2.10. The molecule has 0 bridgehead atoms. The van der Waals surface area contributed by atoms with Crippen molar-refractivity contribution in [2.75, 3.05) is 6.26 Å². The number of imidazole rings is 1. The Balaban J connectivity index is 2.50. The molecule has 1 aromatic heterocycles. The maximum atomic E-state index is 12.7. The van der Waals surface area contributed by atoms with Gasteiger partial charge in [-0.2, -0.15) is 13.2 Å². The van der Waals surface area contributed by atoms with E-state index in [1.165, 1.54) is 19.2 Å². The number of hydrogen-bond acceptors (Lipinski definition) is 4. The molecule has 2 rings (SSSR count). The summed E-state index contributed by atoms with van der Waals surface area (Å²) >= 11 is 0. The summed E-state index contributed by atoms with van der Waals surface area (Å²) in [6.45, 7) is 0. The zero-order valence-corrected chi connectivity index (χ0v) is 11.7. The van der Waals surface area contributed by atoms with E-state index in [0.717, 1.165) is 16.9 Å². The summed E-state index contributed by atoms with van der Waals surface area (Å²) in [4.78, 5) is 15.1. The van der Waals surface area contributed by atoms with Crippen LogP contribution in [0.5, 0.6) is 0 Å². The zero-order chi connectivity index (χ0) is 16.0. The van der Waals surface area contributed by atoms with Crippen molar-refractivity contribution in [2.24, 2.45) is 7.05 Å². The van der Waals surface area contributed by atoms with Crippen molar-refractivity contribution in [1.82, 2.24) is 14.3 Å². The average molecular weight is 321 g/mol. The number of nitrogens with zero attached hydrogens (tertiary/aromatic N) is 2. The van der Waals surface area contributed by atoms with Crippen LogP contribution in [-0.2, 0) is 23.2 Å². The van der Waals surface area contributed by atoms with Gasteiger partial charge in [-0.1, -0.05) is 0 Å². The van der Waals surface area contributed by atoms with Gasteiger partial charge in [0, 0.05) is 12.6 Å². The predicted molar refractivity (Wildman–Crippen MR) is 68.0 cm³/mol. The van der Waals surface area contributed by atoms with Crippen molar-refractivity contribution >= 4 is 27.0 Å². The minimum atomic E-state index is -4.62. The largest absolute Gasteiger partial charge is 0.449 e. The summed E-state index contributed by atoms with van der Waals surface area (Å²) in [6.07, 6.45) is -3.82. The molecule has 0 atom stereocenters. The monoisotopic (exact) mass is 321 g/mol. The van der Waals surface area contributed by atoms with E-state index in [9.17, 15) is 26.4 Å². The second-order valence-corrected chi connectivity index (χ2v) is 6.15. The highest BCUT2D eigenvalue weighted by atomic mass is 32.2. The molecular weight excluding hydrogens is 311 g/mol. The molecule has 0 radical (unpaired) electrons. The fourth-order valence-corrected chi connectivity index (χ4v) is 2.28. The number of halogens is 3. The molecule has 0 aliphatic rings. The van der Waals surface area contributed by atoms with E-state index in [0.29, 0.717) is 0 Å². The molecule has 114 valence electrons. The van der Waals surface area contributed by atoms with Gasteiger partial charge in [0.15, 0.2) is 0 Å². The number of sulfonamides is 1. The van der Waals surface area contributed by atoms with Gasteiger partial charge in [0.2, 0.25) is 15.8 Å². The van der Waals surface area contributed by atoms with Gasteiger partial charge in [-0.15, -0.1) is 0 Å². The van der Waals surface area contributed by atoms with Gasteiger partial charge in [-0.05, 0) is 18.2 Å². The van der Waals surface area contributed by atoms with Crippen LogP contribution in [0, 0.1) is 0 Å². The number of nitrogens with one attached hydrogen (secondary N) is 1. The molecule has 2 aromatic rings. The normalized spacial score (nSPS) is 12.6. The number of aromatic nitrogens is 2. The minimum absolute atomic E-state index is 0.0500. The fraction of sp³-hybridized carbons (Fsp3) is 0.273. The first-order valence-corrected chi connectivity index (χ1v) is 7.44. The Morgan fingerprint density at radius 1 is 1.33 bits per heavy atom. The lowest BCUT2D eigenvalue weighted by molar-refractivity contribution is -0.146.